The maximum Gasteiger partial charge on any atom is 0.226 e. The van der Waals surface area contributed by atoms with Crippen LogP contribution in [-0.2, 0) is 11.3 Å². The number of benzene rings is 2. The summed E-state index contributed by atoms with van der Waals surface area (Å²) in [6.07, 6.45) is 2.12. The van der Waals surface area contributed by atoms with Crippen LogP contribution in [0.1, 0.15) is 29.0 Å². The summed E-state index contributed by atoms with van der Waals surface area (Å²) in [5, 5.41) is 7.52. The molecule has 0 radical (unpaired) electrons. The summed E-state index contributed by atoms with van der Waals surface area (Å²) in [6, 6.07) is 13.7. The van der Waals surface area contributed by atoms with E-state index in [4.69, 9.17) is 14.2 Å². The molecular formula is C22H23N3O4. The van der Waals surface area contributed by atoms with Gasteiger partial charge in [-0.25, -0.2) is 4.68 Å². The van der Waals surface area contributed by atoms with Gasteiger partial charge in [0.25, 0.3) is 0 Å². The van der Waals surface area contributed by atoms with Crippen molar-refractivity contribution in [3.63, 3.8) is 0 Å². The molecule has 2 heterocycles. The second-order valence-electron chi connectivity index (χ2n) is 6.85. The first-order valence-corrected chi connectivity index (χ1v) is 9.34. The Bertz CT molecular complexity index is 1030. The van der Waals surface area contributed by atoms with E-state index in [-0.39, 0.29) is 11.8 Å². The van der Waals surface area contributed by atoms with E-state index in [0.29, 0.717) is 36.0 Å². The Kier molecular flexibility index (Phi) is 5.12. The van der Waals surface area contributed by atoms with Crippen molar-refractivity contribution in [1.82, 2.24) is 9.78 Å². The highest BCUT2D eigenvalue weighted by Gasteiger charge is 2.32. The molecule has 150 valence electrons. The Hall–Kier alpha value is -3.48. The number of carbonyl (C=O) groups excluding carboxylic acids is 1. The highest BCUT2D eigenvalue weighted by atomic mass is 16.5. The molecule has 0 saturated heterocycles. The Morgan fingerprint density at radius 2 is 1.69 bits per heavy atom. The molecule has 1 amide bonds. The van der Waals surface area contributed by atoms with Crippen molar-refractivity contribution in [2.24, 2.45) is 0 Å². The number of anilines is 1. The number of ether oxygens (including phenoxy) is 3. The predicted octanol–water partition coefficient (Wildman–Crippen LogP) is 3.43. The lowest BCUT2D eigenvalue weighted by Crippen LogP contribution is -2.25. The van der Waals surface area contributed by atoms with Crippen LogP contribution in [0.4, 0.5) is 5.82 Å². The number of amides is 1. The van der Waals surface area contributed by atoms with Gasteiger partial charge in [0.05, 0.1) is 34.1 Å². The first-order valence-electron chi connectivity index (χ1n) is 9.34. The normalized spacial score (nSPS) is 15.4. The van der Waals surface area contributed by atoms with E-state index in [1.54, 1.807) is 27.4 Å². The molecule has 1 unspecified atom stereocenters. The summed E-state index contributed by atoms with van der Waals surface area (Å²) in [4.78, 5) is 12.5. The summed E-state index contributed by atoms with van der Waals surface area (Å²) in [6.45, 7) is 0.576. The third-order valence-electron chi connectivity index (χ3n) is 5.18. The fourth-order valence-electron chi connectivity index (χ4n) is 3.75. The summed E-state index contributed by atoms with van der Waals surface area (Å²) >= 11 is 0. The molecule has 0 bridgehead atoms. The number of carbonyl (C=O) groups is 1. The van der Waals surface area contributed by atoms with E-state index in [9.17, 15) is 4.79 Å². The quantitative estimate of drug-likeness (QED) is 0.695. The van der Waals surface area contributed by atoms with Crippen LogP contribution in [0, 0.1) is 0 Å². The number of hydrogen-bond donors (Lipinski definition) is 1. The number of methoxy groups -OCH3 is 3. The number of fused-ring (bicyclic) bond motifs is 1. The molecule has 0 aliphatic carbocycles. The van der Waals surface area contributed by atoms with Crippen LogP contribution in [0.3, 0.4) is 0 Å². The fraction of sp³-hybridized carbons (Fsp3) is 0.273. The second kappa shape index (κ2) is 7.87. The zero-order valence-corrected chi connectivity index (χ0v) is 16.6. The number of hydrogen-bond acceptors (Lipinski definition) is 5. The highest BCUT2D eigenvalue weighted by molar-refractivity contribution is 5.94. The molecule has 4 rings (SSSR count). The van der Waals surface area contributed by atoms with Crippen LogP contribution in [0.5, 0.6) is 17.2 Å². The maximum absolute atomic E-state index is 12.5. The molecule has 1 aromatic heterocycles. The second-order valence-corrected chi connectivity index (χ2v) is 6.85. The van der Waals surface area contributed by atoms with Crippen molar-refractivity contribution in [3.05, 3.63) is 65.4 Å². The third kappa shape index (κ3) is 3.51. The first kappa shape index (κ1) is 18.9. The van der Waals surface area contributed by atoms with Crippen molar-refractivity contribution >= 4 is 11.7 Å². The lowest BCUT2D eigenvalue weighted by molar-refractivity contribution is -0.116. The minimum Gasteiger partial charge on any atom is -0.496 e. The molecule has 3 aromatic rings. The number of nitrogens with one attached hydrogen (secondary N) is 1. The largest absolute Gasteiger partial charge is 0.496 e. The van der Waals surface area contributed by atoms with Crippen LogP contribution < -0.4 is 19.5 Å². The van der Waals surface area contributed by atoms with Crippen LogP contribution in [0.25, 0.3) is 0 Å². The van der Waals surface area contributed by atoms with Gasteiger partial charge in [-0.15, -0.1) is 0 Å². The molecule has 1 aliphatic rings. The van der Waals surface area contributed by atoms with Crippen LogP contribution in [-0.4, -0.2) is 37.0 Å². The van der Waals surface area contributed by atoms with Crippen molar-refractivity contribution < 1.29 is 19.0 Å². The average Bonchev–Trinajstić information content (AvgIpc) is 3.15. The molecule has 0 fully saturated rings. The Morgan fingerprint density at radius 3 is 2.38 bits per heavy atom. The molecular weight excluding hydrogens is 370 g/mol. The van der Waals surface area contributed by atoms with Gasteiger partial charge in [0.1, 0.15) is 11.6 Å². The van der Waals surface area contributed by atoms with Gasteiger partial charge >= 0.3 is 0 Å². The smallest absolute Gasteiger partial charge is 0.226 e. The van der Waals surface area contributed by atoms with E-state index in [1.807, 2.05) is 47.3 Å². The lowest BCUT2D eigenvalue weighted by atomic mass is 9.86. The van der Waals surface area contributed by atoms with Crippen LogP contribution >= 0.6 is 0 Å². The highest BCUT2D eigenvalue weighted by Crippen LogP contribution is 2.44. The topological polar surface area (TPSA) is 74.6 Å². The third-order valence-corrected chi connectivity index (χ3v) is 5.18. The molecule has 1 atom stereocenters. The summed E-state index contributed by atoms with van der Waals surface area (Å²) in [7, 11) is 4.77. The molecule has 2 aromatic carbocycles. The minimum atomic E-state index is -0.196. The van der Waals surface area contributed by atoms with Crippen molar-refractivity contribution in [3.8, 4) is 17.2 Å². The van der Waals surface area contributed by atoms with Gasteiger partial charge in [-0.2, -0.15) is 5.10 Å². The Labute approximate surface area is 169 Å². The van der Waals surface area contributed by atoms with Gasteiger partial charge in [-0.1, -0.05) is 30.3 Å². The van der Waals surface area contributed by atoms with Gasteiger partial charge in [0.15, 0.2) is 11.5 Å². The number of rotatable bonds is 6. The zero-order chi connectivity index (χ0) is 20.4. The summed E-state index contributed by atoms with van der Waals surface area (Å²) < 4.78 is 18.3. The van der Waals surface area contributed by atoms with Gasteiger partial charge < -0.3 is 19.5 Å². The van der Waals surface area contributed by atoms with Gasteiger partial charge in [0.2, 0.25) is 5.91 Å². The molecule has 7 nitrogen and oxygen atoms in total. The van der Waals surface area contributed by atoms with Crippen LogP contribution in [0.15, 0.2) is 48.7 Å². The first-order chi connectivity index (χ1) is 14.1. The van der Waals surface area contributed by atoms with E-state index < -0.39 is 0 Å². The van der Waals surface area contributed by atoms with Gasteiger partial charge in [0, 0.05) is 29.5 Å². The van der Waals surface area contributed by atoms with Gasteiger partial charge in [-0.05, 0) is 11.6 Å². The molecule has 1 N–H and O–H groups in total. The summed E-state index contributed by atoms with van der Waals surface area (Å²) in [5.74, 6) is 2.27. The average molecular weight is 393 g/mol. The molecule has 1 aliphatic heterocycles. The summed E-state index contributed by atoms with van der Waals surface area (Å²) in [5.41, 5.74) is 2.92. The standard InChI is InChI=1S/C22H23N3O4/c1-27-18-11-20(29-3)19(28-2)9-16(18)15-10-21(26)24-22-17(15)12-23-25(22)13-14-7-5-4-6-8-14/h4-9,11-12,15H,10,13H2,1-3H3,(H,24,26). The monoisotopic (exact) mass is 393 g/mol. The lowest BCUT2D eigenvalue weighted by Gasteiger charge is -2.26. The van der Waals surface area contributed by atoms with E-state index in [0.717, 1.165) is 16.7 Å². The Morgan fingerprint density at radius 1 is 1.00 bits per heavy atom. The van der Waals surface area contributed by atoms with Gasteiger partial charge in [-0.3, -0.25) is 4.79 Å². The SMILES string of the molecule is COc1cc(OC)c(C2CC(=O)Nc3c2cnn3Cc2ccccc2)cc1OC. The molecule has 7 heteroatoms. The minimum absolute atomic E-state index is 0.0610. The van der Waals surface area contributed by atoms with Crippen molar-refractivity contribution in [2.75, 3.05) is 26.6 Å². The molecule has 0 spiro atoms. The Balaban J connectivity index is 1.77. The van der Waals surface area contributed by atoms with E-state index >= 15 is 0 Å². The van der Waals surface area contributed by atoms with E-state index in [2.05, 4.69) is 10.4 Å². The van der Waals surface area contributed by atoms with E-state index in [1.165, 1.54) is 0 Å². The number of aromatic nitrogens is 2. The van der Waals surface area contributed by atoms with Crippen molar-refractivity contribution in [1.29, 1.82) is 0 Å². The van der Waals surface area contributed by atoms with Crippen LogP contribution in [0.2, 0.25) is 0 Å². The van der Waals surface area contributed by atoms with Crippen molar-refractivity contribution in [2.45, 2.75) is 18.9 Å². The molecule has 0 saturated carbocycles. The maximum atomic E-state index is 12.5. The number of nitrogens with zero attached hydrogens (tertiary/aromatic N) is 2. The zero-order valence-electron chi connectivity index (χ0n) is 16.6. The molecule has 29 heavy (non-hydrogen) atoms. The predicted molar refractivity (Wildman–Crippen MR) is 109 cm³/mol. The fourth-order valence-corrected chi connectivity index (χ4v) is 3.75.